The van der Waals surface area contributed by atoms with Crippen LogP contribution < -0.4 is 5.56 Å². The molecule has 2 heterocycles. The molecule has 0 fully saturated rings. The summed E-state index contributed by atoms with van der Waals surface area (Å²) in [5, 5.41) is 0. The number of aryl methyl sites for hydroxylation is 2. The van der Waals surface area contributed by atoms with Gasteiger partial charge in [0.25, 0.3) is 5.56 Å². The number of aromatic amines is 1. The Labute approximate surface area is 114 Å². The summed E-state index contributed by atoms with van der Waals surface area (Å²) in [4.78, 5) is 23.2. The number of pyridine rings is 1. The van der Waals surface area contributed by atoms with Gasteiger partial charge in [-0.05, 0) is 40.9 Å². The van der Waals surface area contributed by atoms with Crippen molar-refractivity contribution in [1.29, 1.82) is 0 Å². The van der Waals surface area contributed by atoms with E-state index < -0.39 is 0 Å². The van der Waals surface area contributed by atoms with Gasteiger partial charge in [-0.2, -0.15) is 0 Å². The lowest BCUT2D eigenvalue weighted by Crippen LogP contribution is -2.14. The molecule has 2 aromatic rings. The smallest absolute Gasteiger partial charge is 0.265 e. The van der Waals surface area contributed by atoms with E-state index in [0.717, 1.165) is 29.7 Å². The van der Waals surface area contributed by atoms with Crippen LogP contribution in [0.2, 0.25) is 0 Å². The number of nitrogens with one attached hydrogen (secondary N) is 1. The van der Waals surface area contributed by atoms with Gasteiger partial charge in [0.2, 0.25) is 0 Å². The molecule has 0 unspecified atom stereocenters. The molecule has 5 heteroatoms. The molecular weight excluding hydrogens is 294 g/mol. The van der Waals surface area contributed by atoms with Crippen molar-refractivity contribution in [2.45, 2.75) is 26.7 Å². The monoisotopic (exact) mass is 307 g/mol. The molecule has 18 heavy (non-hydrogen) atoms. The molecule has 0 atom stereocenters. The number of rotatable bonds is 3. The quantitative estimate of drug-likeness (QED) is 0.948. The highest BCUT2D eigenvalue weighted by Gasteiger charge is 2.11. The summed E-state index contributed by atoms with van der Waals surface area (Å²) in [5.41, 5.74) is 2.54. The van der Waals surface area contributed by atoms with Crippen molar-refractivity contribution in [3.63, 3.8) is 0 Å². The summed E-state index contributed by atoms with van der Waals surface area (Å²) < 4.78 is 0.523. The third kappa shape index (κ3) is 2.51. The summed E-state index contributed by atoms with van der Waals surface area (Å²) in [5.74, 6) is 0.581. The highest BCUT2D eigenvalue weighted by Crippen LogP contribution is 2.20. The van der Waals surface area contributed by atoms with Crippen LogP contribution >= 0.6 is 15.9 Å². The van der Waals surface area contributed by atoms with Gasteiger partial charge in [0.1, 0.15) is 10.3 Å². The fraction of sp³-hybridized carbons (Fsp3) is 0.308. The van der Waals surface area contributed by atoms with Gasteiger partial charge in [-0.1, -0.05) is 13.3 Å². The second-order valence-corrected chi connectivity index (χ2v) is 4.91. The van der Waals surface area contributed by atoms with Crippen molar-refractivity contribution in [1.82, 2.24) is 15.0 Å². The van der Waals surface area contributed by atoms with Gasteiger partial charge < -0.3 is 4.98 Å². The van der Waals surface area contributed by atoms with E-state index in [9.17, 15) is 4.79 Å². The minimum Gasteiger partial charge on any atom is -0.305 e. The summed E-state index contributed by atoms with van der Waals surface area (Å²) in [7, 11) is 0. The van der Waals surface area contributed by atoms with Crippen LogP contribution in [-0.4, -0.2) is 15.0 Å². The molecular formula is C13H14BrN3O. The predicted molar refractivity (Wildman–Crippen MR) is 74.5 cm³/mol. The van der Waals surface area contributed by atoms with Crippen molar-refractivity contribution >= 4 is 15.9 Å². The molecule has 1 N–H and O–H groups in total. The van der Waals surface area contributed by atoms with Crippen LogP contribution in [0.25, 0.3) is 11.4 Å². The Bertz CT molecular complexity index is 622. The molecule has 0 aliphatic rings. The zero-order chi connectivity index (χ0) is 13.1. The first-order chi connectivity index (χ1) is 8.63. The van der Waals surface area contributed by atoms with Gasteiger partial charge in [-0.3, -0.25) is 9.78 Å². The lowest BCUT2D eigenvalue weighted by Gasteiger charge is -2.07. The Morgan fingerprint density at radius 1 is 1.44 bits per heavy atom. The van der Waals surface area contributed by atoms with Gasteiger partial charge in [-0.25, -0.2) is 4.98 Å². The molecule has 4 nitrogen and oxygen atoms in total. The Morgan fingerprint density at radius 3 is 2.89 bits per heavy atom. The van der Waals surface area contributed by atoms with E-state index in [2.05, 4.69) is 37.8 Å². The van der Waals surface area contributed by atoms with Gasteiger partial charge in [0.15, 0.2) is 0 Å². The van der Waals surface area contributed by atoms with Crippen molar-refractivity contribution in [3.05, 3.63) is 44.5 Å². The minimum atomic E-state index is -0.147. The van der Waals surface area contributed by atoms with Crippen molar-refractivity contribution in [3.8, 4) is 11.4 Å². The molecule has 0 bridgehead atoms. The van der Waals surface area contributed by atoms with Crippen LogP contribution in [0.15, 0.2) is 27.7 Å². The fourth-order valence-corrected chi connectivity index (χ4v) is 2.13. The Balaban J connectivity index is 2.59. The third-order valence-corrected chi connectivity index (χ3v) is 3.53. The number of hydrogen-bond acceptors (Lipinski definition) is 3. The Kier molecular flexibility index (Phi) is 3.91. The van der Waals surface area contributed by atoms with Crippen molar-refractivity contribution in [2.75, 3.05) is 0 Å². The number of H-pyrrole nitrogens is 1. The SMILES string of the molecule is CCCc1nc(-c2cnccc2C)[nH]c(=O)c1Br. The largest absolute Gasteiger partial charge is 0.305 e. The molecule has 0 amide bonds. The normalized spacial score (nSPS) is 10.6. The zero-order valence-corrected chi connectivity index (χ0v) is 11.9. The maximum atomic E-state index is 11.9. The first kappa shape index (κ1) is 13.0. The van der Waals surface area contributed by atoms with Crippen LogP contribution in [0.1, 0.15) is 24.6 Å². The van der Waals surface area contributed by atoms with Crippen LogP contribution in [0, 0.1) is 6.92 Å². The Hall–Kier alpha value is -1.49. The first-order valence-corrected chi connectivity index (χ1v) is 6.62. The number of hydrogen-bond donors (Lipinski definition) is 1. The van der Waals surface area contributed by atoms with Gasteiger partial charge in [-0.15, -0.1) is 0 Å². The molecule has 0 spiro atoms. The van der Waals surface area contributed by atoms with Crippen molar-refractivity contribution < 1.29 is 0 Å². The molecule has 2 rings (SSSR count). The molecule has 94 valence electrons. The molecule has 0 radical (unpaired) electrons. The second-order valence-electron chi connectivity index (χ2n) is 4.12. The van der Waals surface area contributed by atoms with Gasteiger partial charge in [0.05, 0.1) is 5.69 Å². The van der Waals surface area contributed by atoms with Crippen LogP contribution in [0.3, 0.4) is 0 Å². The highest BCUT2D eigenvalue weighted by atomic mass is 79.9. The van der Waals surface area contributed by atoms with Crippen molar-refractivity contribution in [2.24, 2.45) is 0 Å². The van der Waals surface area contributed by atoms with Crippen LogP contribution in [0.5, 0.6) is 0 Å². The van der Waals surface area contributed by atoms with E-state index >= 15 is 0 Å². The first-order valence-electron chi connectivity index (χ1n) is 5.83. The molecule has 2 aromatic heterocycles. The van der Waals surface area contributed by atoms with E-state index in [1.165, 1.54) is 0 Å². The molecule has 0 aromatic carbocycles. The summed E-state index contributed by atoms with van der Waals surface area (Å²) >= 11 is 3.28. The minimum absolute atomic E-state index is 0.147. The third-order valence-electron chi connectivity index (χ3n) is 2.71. The lowest BCUT2D eigenvalue weighted by molar-refractivity contribution is 0.860. The van der Waals surface area contributed by atoms with Gasteiger partial charge in [0, 0.05) is 18.0 Å². The van der Waals surface area contributed by atoms with E-state index in [1.807, 2.05) is 13.0 Å². The number of halogens is 1. The average Bonchev–Trinajstić information content (AvgIpc) is 2.35. The van der Waals surface area contributed by atoms with E-state index in [0.29, 0.717) is 10.3 Å². The predicted octanol–water partition coefficient (Wildman–Crippen LogP) is 2.86. The molecule has 0 saturated carbocycles. The molecule has 0 aliphatic heterocycles. The van der Waals surface area contributed by atoms with E-state index in [4.69, 9.17) is 0 Å². The fourth-order valence-electron chi connectivity index (χ4n) is 1.75. The second kappa shape index (κ2) is 5.44. The van der Waals surface area contributed by atoms with E-state index in [1.54, 1.807) is 12.4 Å². The standard InChI is InChI=1S/C13H14BrN3O/c1-3-4-10-11(14)13(18)17-12(16-10)9-7-15-6-5-8(9)2/h5-7H,3-4H2,1-2H3,(H,16,17,18). The zero-order valence-electron chi connectivity index (χ0n) is 10.3. The summed E-state index contributed by atoms with van der Waals surface area (Å²) in [6.07, 6.45) is 5.16. The number of nitrogens with zero attached hydrogens (tertiary/aromatic N) is 2. The maximum absolute atomic E-state index is 11.9. The topological polar surface area (TPSA) is 58.6 Å². The molecule has 0 aliphatic carbocycles. The van der Waals surface area contributed by atoms with E-state index in [-0.39, 0.29) is 5.56 Å². The highest BCUT2D eigenvalue weighted by molar-refractivity contribution is 9.10. The summed E-state index contributed by atoms with van der Waals surface area (Å²) in [6.45, 7) is 4.03. The number of aromatic nitrogens is 3. The Morgan fingerprint density at radius 2 is 2.22 bits per heavy atom. The average molecular weight is 308 g/mol. The van der Waals surface area contributed by atoms with Crippen LogP contribution in [0.4, 0.5) is 0 Å². The molecule has 0 saturated heterocycles. The maximum Gasteiger partial charge on any atom is 0.265 e. The lowest BCUT2D eigenvalue weighted by atomic mass is 10.1. The summed E-state index contributed by atoms with van der Waals surface area (Å²) in [6, 6.07) is 1.90. The van der Waals surface area contributed by atoms with Crippen LogP contribution in [-0.2, 0) is 6.42 Å². The van der Waals surface area contributed by atoms with Gasteiger partial charge >= 0.3 is 0 Å².